The highest BCUT2D eigenvalue weighted by atomic mass is 32.1. The summed E-state index contributed by atoms with van der Waals surface area (Å²) in [7, 11) is 1.65. The zero-order chi connectivity index (χ0) is 15.4. The largest absolute Gasteiger partial charge is 0.497 e. The van der Waals surface area contributed by atoms with Crippen LogP contribution >= 0.6 is 11.3 Å². The predicted molar refractivity (Wildman–Crippen MR) is 87.6 cm³/mol. The molecule has 5 heteroatoms. The molecule has 3 rings (SSSR count). The van der Waals surface area contributed by atoms with Crippen LogP contribution in [0.15, 0.2) is 35.7 Å². The van der Waals surface area contributed by atoms with Crippen LogP contribution in [0.4, 0.5) is 0 Å². The molecular weight excluding hydrogens is 298 g/mol. The first-order chi connectivity index (χ1) is 10.8. The lowest BCUT2D eigenvalue weighted by molar-refractivity contribution is 0.0861. The molecule has 1 aromatic carbocycles. The summed E-state index contributed by atoms with van der Waals surface area (Å²) in [6.07, 6.45) is 2.29. The van der Waals surface area contributed by atoms with Crippen LogP contribution < -0.4 is 10.1 Å². The fourth-order valence-corrected chi connectivity index (χ4v) is 3.32. The van der Waals surface area contributed by atoms with Crippen LogP contribution in [0.2, 0.25) is 0 Å². The molecule has 1 saturated heterocycles. The molecule has 0 bridgehead atoms. The fourth-order valence-electron chi connectivity index (χ4n) is 2.49. The van der Waals surface area contributed by atoms with Gasteiger partial charge in [0.2, 0.25) is 0 Å². The Morgan fingerprint density at radius 2 is 2.18 bits per heavy atom. The Kier molecular flexibility index (Phi) is 4.75. The maximum atomic E-state index is 12.2. The van der Waals surface area contributed by atoms with E-state index in [1.165, 1.54) is 11.3 Å². The number of benzene rings is 1. The number of amides is 1. The SMILES string of the molecule is COc1ccc(-c2csc(C(=O)NC[C@@H]3CCCO3)c2)cc1. The van der Waals surface area contributed by atoms with Crippen LogP contribution in [0.25, 0.3) is 11.1 Å². The zero-order valence-corrected chi connectivity index (χ0v) is 13.3. The minimum Gasteiger partial charge on any atom is -0.497 e. The molecule has 1 aliphatic heterocycles. The van der Waals surface area contributed by atoms with Gasteiger partial charge in [-0.05, 0) is 47.5 Å². The van der Waals surface area contributed by atoms with Crippen LogP contribution in [0.1, 0.15) is 22.5 Å². The second-order valence-electron chi connectivity index (χ2n) is 5.27. The van der Waals surface area contributed by atoms with E-state index in [0.29, 0.717) is 6.54 Å². The zero-order valence-electron chi connectivity index (χ0n) is 12.5. The van der Waals surface area contributed by atoms with Crippen molar-refractivity contribution in [2.24, 2.45) is 0 Å². The number of ether oxygens (including phenoxy) is 2. The molecule has 1 aliphatic rings. The monoisotopic (exact) mass is 317 g/mol. The van der Waals surface area contributed by atoms with Crippen molar-refractivity contribution in [1.29, 1.82) is 0 Å². The van der Waals surface area contributed by atoms with Gasteiger partial charge in [0, 0.05) is 13.2 Å². The molecule has 1 amide bonds. The third-order valence-electron chi connectivity index (χ3n) is 3.76. The maximum Gasteiger partial charge on any atom is 0.261 e. The minimum atomic E-state index is -0.0275. The van der Waals surface area contributed by atoms with E-state index in [1.807, 2.05) is 35.7 Å². The van der Waals surface area contributed by atoms with Gasteiger partial charge in [0.1, 0.15) is 5.75 Å². The lowest BCUT2D eigenvalue weighted by Crippen LogP contribution is -2.31. The van der Waals surface area contributed by atoms with E-state index in [9.17, 15) is 4.79 Å². The van der Waals surface area contributed by atoms with E-state index in [1.54, 1.807) is 7.11 Å². The van der Waals surface area contributed by atoms with Gasteiger partial charge < -0.3 is 14.8 Å². The summed E-state index contributed by atoms with van der Waals surface area (Å²) >= 11 is 1.46. The van der Waals surface area contributed by atoms with Crippen LogP contribution in [0.3, 0.4) is 0 Å². The van der Waals surface area contributed by atoms with Crippen molar-refractivity contribution >= 4 is 17.2 Å². The molecule has 0 spiro atoms. The Morgan fingerprint density at radius 1 is 1.36 bits per heavy atom. The summed E-state index contributed by atoms with van der Waals surface area (Å²) in [5.41, 5.74) is 2.13. The molecular formula is C17H19NO3S. The van der Waals surface area contributed by atoms with Crippen molar-refractivity contribution < 1.29 is 14.3 Å². The third kappa shape index (κ3) is 3.48. The van der Waals surface area contributed by atoms with E-state index in [-0.39, 0.29) is 12.0 Å². The number of carbonyl (C=O) groups is 1. The fraction of sp³-hybridized carbons (Fsp3) is 0.353. The number of rotatable bonds is 5. The third-order valence-corrected chi connectivity index (χ3v) is 4.69. The van der Waals surface area contributed by atoms with Crippen LogP contribution in [-0.2, 0) is 4.74 Å². The smallest absolute Gasteiger partial charge is 0.261 e. The average Bonchev–Trinajstić information content (AvgIpc) is 3.24. The van der Waals surface area contributed by atoms with Gasteiger partial charge in [-0.25, -0.2) is 0 Å². The summed E-state index contributed by atoms with van der Waals surface area (Å²) < 4.78 is 10.7. The molecule has 1 fully saturated rings. The molecule has 1 atom stereocenters. The van der Waals surface area contributed by atoms with Crippen LogP contribution in [0, 0.1) is 0 Å². The second kappa shape index (κ2) is 6.94. The Bertz CT molecular complexity index is 630. The van der Waals surface area contributed by atoms with Gasteiger partial charge in [-0.2, -0.15) is 0 Å². The number of hydrogen-bond donors (Lipinski definition) is 1. The number of nitrogens with one attached hydrogen (secondary N) is 1. The van der Waals surface area contributed by atoms with Crippen molar-refractivity contribution in [3.8, 4) is 16.9 Å². The van der Waals surface area contributed by atoms with Crippen molar-refractivity contribution in [2.75, 3.05) is 20.3 Å². The number of hydrogen-bond acceptors (Lipinski definition) is 4. The first kappa shape index (κ1) is 15.1. The number of methoxy groups -OCH3 is 1. The Balaban J connectivity index is 1.63. The van der Waals surface area contributed by atoms with Gasteiger partial charge in [0.05, 0.1) is 18.1 Å². The quantitative estimate of drug-likeness (QED) is 0.920. The molecule has 1 aromatic heterocycles. The lowest BCUT2D eigenvalue weighted by Gasteiger charge is -2.09. The van der Waals surface area contributed by atoms with E-state index >= 15 is 0 Å². The van der Waals surface area contributed by atoms with Crippen LogP contribution in [-0.4, -0.2) is 32.3 Å². The van der Waals surface area contributed by atoms with Gasteiger partial charge >= 0.3 is 0 Å². The molecule has 116 valence electrons. The standard InChI is InChI=1S/C17H19NO3S/c1-20-14-6-4-12(5-7-14)13-9-16(22-11-13)17(19)18-10-15-3-2-8-21-15/h4-7,9,11,15H,2-3,8,10H2,1H3,(H,18,19)/t15-/m0/s1. The van der Waals surface area contributed by atoms with E-state index in [0.717, 1.165) is 41.2 Å². The molecule has 0 saturated carbocycles. The van der Waals surface area contributed by atoms with Gasteiger partial charge in [-0.3, -0.25) is 4.79 Å². The van der Waals surface area contributed by atoms with Gasteiger partial charge in [-0.15, -0.1) is 11.3 Å². The van der Waals surface area contributed by atoms with E-state index < -0.39 is 0 Å². The first-order valence-corrected chi connectivity index (χ1v) is 8.27. The molecule has 0 radical (unpaired) electrons. The van der Waals surface area contributed by atoms with Crippen LogP contribution in [0.5, 0.6) is 5.75 Å². The summed E-state index contributed by atoms with van der Waals surface area (Å²) in [4.78, 5) is 12.9. The highest BCUT2D eigenvalue weighted by Crippen LogP contribution is 2.27. The highest BCUT2D eigenvalue weighted by molar-refractivity contribution is 7.12. The van der Waals surface area contributed by atoms with Gasteiger partial charge in [-0.1, -0.05) is 12.1 Å². The normalized spacial score (nSPS) is 17.4. The Hall–Kier alpha value is -1.85. The highest BCUT2D eigenvalue weighted by Gasteiger charge is 2.17. The van der Waals surface area contributed by atoms with Crippen molar-refractivity contribution in [2.45, 2.75) is 18.9 Å². The molecule has 4 nitrogen and oxygen atoms in total. The van der Waals surface area contributed by atoms with Gasteiger partial charge in [0.15, 0.2) is 0 Å². The molecule has 22 heavy (non-hydrogen) atoms. The summed E-state index contributed by atoms with van der Waals surface area (Å²) in [6.45, 7) is 1.40. The van der Waals surface area contributed by atoms with Gasteiger partial charge in [0.25, 0.3) is 5.91 Å². The Morgan fingerprint density at radius 3 is 2.86 bits per heavy atom. The summed E-state index contributed by atoms with van der Waals surface area (Å²) in [6, 6.07) is 9.76. The molecule has 0 unspecified atom stereocenters. The lowest BCUT2D eigenvalue weighted by atomic mass is 10.1. The van der Waals surface area contributed by atoms with Crippen molar-refractivity contribution in [1.82, 2.24) is 5.32 Å². The topological polar surface area (TPSA) is 47.6 Å². The summed E-state index contributed by atoms with van der Waals surface area (Å²) in [5, 5.41) is 4.95. The minimum absolute atomic E-state index is 0.0275. The molecule has 1 N–H and O–H groups in total. The molecule has 2 heterocycles. The summed E-state index contributed by atoms with van der Waals surface area (Å²) in [5.74, 6) is 0.800. The number of carbonyl (C=O) groups excluding carboxylic acids is 1. The first-order valence-electron chi connectivity index (χ1n) is 7.39. The van der Waals surface area contributed by atoms with E-state index in [4.69, 9.17) is 9.47 Å². The van der Waals surface area contributed by atoms with Crippen molar-refractivity contribution in [3.63, 3.8) is 0 Å². The number of thiophene rings is 1. The van der Waals surface area contributed by atoms with E-state index in [2.05, 4.69) is 5.32 Å². The molecule has 2 aromatic rings. The predicted octanol–water partition coefficient (Wildman–Crippen LogP) is 3.33. The average molecular weight is 317 g/mol. The van der Waals surface area contributed by atoms with Crippen molar-refractivity contribution in [3.05, 3.63) is 40.6 Å². The maximum absolute atomic E-state index is 12.2. The Labute approximate surface area is 134 Å². The second-order valence-corrected chi connectivity index (χ2v) is 6.18. The molecule has 0 aliphatic carbocycles.